The Labute approximate surface area is 543 Å². The molecule has 6 aliphatic heterocycles. The van der Waals surface area contributed by atoms with Gasteiger partial charge in [0.2, 0.25) is 18.9 Å². The van der Waals surface area contributed by atoms with E-state index in [9.17, 15) is 95.2 Å². The van der Waals surface area contributed by atoms with Gasteiger partial charge in [0.25, 0.3) is 0 Å². The number of hydrogen-bond acceptors (Lipinski definition) is 34. The molecule has 0 aromatic heterocycles. The number of allylic oxidation sites excluding steroid dienone is 3. The highest BCUT2D eigenvalue weighted by Crippen LogP contribution is 2.45. The Morgan fingerprint density at radius 2 is 0.779 bits per heavy atom. The Balaban J connectivity index is 1.14. The van der Waals surface area contributed by atoms with Crippen LogP contribution in [0.3, 0.4) is 0 Å². The summed E-state index contributed by atoms with van der Waals surface area (Å²) in [5.41, 5.74) is -0.354. The summed E-state index contributed by atoms with van der Waals surface area (Å²) >= 11 is 0. The Morgan fingerprint density at radius 3 is 1.06 bits per heavy atom. The van der Waals surface area contributed by atoms with Gasteiger partial charge in [-0.1, -0.05) is 25.2 Å². The standard InChI is InChI=1S/C61H86O34/c1-8-26-30(34(53(78)81-5)21-87-56(26)93-59-50(75)47(72)44(69)38(15-62)90-59)12-41(66)84-18-25(19-85-42(67)13-31-27(9-2)57(88-22-35(31)54(79)82-6)94-60-51(76)48(73)45(70)39(16-63)91-60)29-11-37(65)24(4)33(29)20-86-43(68)14-32-28(10-3)58(89-23-36(32)55(80)83-7)95-61-52(77)49(74)46(71)40(17-64)92-61/h8-10,21-25,29-33,37-40,44-52,56-65,69-77H,11-20H2,1-7H3/b26-8+,27-9+,28-10+/t24-,29+,30+,31+,32+,33-,37-,38-,39-,40-,44-,45-,46-,47+,48+,49+,50-,51-,52-,56+,57+,58+,59+,60+,61+/m1/s1. The van der Waals surface area contributed by atoms with Gasteiger partial charge in [-0.2, -0.15) is 0 Å². The molecule has 7 rings (SSSR count). The molecule has 3 saturated heterocycles. The highest BCUT2D eigenvalue weighted by Gasteiger charge is 2.52. The molecule has 4 fully saturated rings. The Kier molecular flexibility index (Phi) is 27.6. The molecule has 7 aliphatic rings. The van der Waals surface area contributed by atoms with Crippen molar-refractivity contribution < 1.29 is 166 Å². The molecule has 0 aromatic rings. The quantitative estimate of drug-likeness (QED) is 0.0232. The summed E-state index contributed by atoms with van der Waals surface area (Å²) in [4.78, 5) is 82.6. The van der Waals surface area contributed by atoms with Gasteiger partial charge in [0.05, 0.1) is 122 Å². The maximum Gasteiger partial charge on any atom is 0.337 e. The summed E-state index contributed by atoms with van der Waals surface area (Å²) in [5.74, 6) is -12.9. The first kappa shape index (κ1) is 76.3. The molecule has 0 bridgehead atoms. The van der Waals surface area contributed by atoms with E-state index >= 15 is 0 Å². The first-order chi connectivity index (χ1) is 45.3. The number of carbonyl (C=O) groups is 6. The molecule has 0 unspecified atom stereocenters. The van der Waals surface area contributed by atoms with Gasteiger partial charge in [-0.15, -0.1) is 0 Å². The largest absolute Gasteiger partial charge is 0.468 e. The van der Waals surface area contributed by atoms with Crippen LogP contribution in [0.15, 0.2) is 70.5 Å². The first-order valence-electron chi connectivity index (χ1n) is 30.6. The van der Waals surface area contributed by atoms with Crippen LogP contribution in [-0.2, 0) is 99.8 Å². The van der Waals surface area contributed by atoms with Crippen molar-refractivity contribution in [2.75, 3.05) is 61.0 Å². The second-order valence-electron chi connectivity index (χ2n) is 23.5. The maximum atomic E-state index is 14.3. The van der Waals surface area contributed by atoms with Crippen LogP contribution in [0.5, 0.6) is 0 Å². The first-order valence-corrected chi connectivity index (χ1v) is 30.6. The van der Waals surface area contributed by atoms with Crippen LogP contribution < -0.4 is 0 Å². The second-order valence-corrected chi connectivity index (χ2v) is 23.5. The van der Waals surface area contributed by atoms with Gasteiger partial charge in [0.15, 0.2) is 18.9 Å². The van der Waals surface area contributed by atoms with Gasteiger partial charge >= 0.3 is 35.8 Å². The van der Waals surface area contributed by atoms with E-state index < -0.39 is 253 Å². The van der Waals surface area contributed by atoms with E-state index in [4.69, 9.17) is 71.1 Å². The molecule has 534 valence electrons. The van der Waals surface area contributed by atoms with Crippen LogP contribution >= 0.6 is 0 Å². The fourth-order valence-corrected chi connectivity index (χ4v) is 12.5. The molecular formula is C61H86O34. The number of esters is 6. The molecule has 0 radical (unpaired) electrons. The molecule has 0 aromatic carbocycles. The highest BCUT2D eigenvalue weighted by molar-refractivity contribution is 5.92. The van der Waals surface area contributed by atoms with Gasteiger partial charge in [-0.25, -0.2) is 14.4 Å². The number of hydrogen-bond donors (Lipinski definition) is 13. The smallest absolute Gasteiger partial charge is 0.337 e. The number of ether oxygens (including phenoxy) is 15. The molecular weight excluding hydrogens is 1280 g/mol. The second kappa shape index (κ2) is 34.4. The monoisotopic (exact) mass is 1360 g/mol. The average molecular weight is 1360 g/mol. The third-order valence-corrected chi connectivity index (χ3v) is 18.1. The lowest BCUT2D eigenvalue weighted by atomic mass is 9.82. The molecule has 0 spiro atoms. The van der Waals surface area contributed by atoms with Crippen molar-refractivity contribution in [3.05, 3.63) is 70.5 Å². The minimum Gasteiger partial charge on any atom is -0.468 e. The van der Waals surface area contributed by atoms with E-state index in [0.717, 1.165) is 40.1 Å². The van der Waals surface area contributed by atoms with Gasteiger partial charge in [-0.3, -0.25) is 14.4 Å². The zero-order valence-electron chi connectivity index (χ0n) is 52.9. The highest BCUT2D eigenvalue weighted by atomic mass is 16.8. The fraction of sp³-hybridized carbons (Fsp3) is 0.705. The van der Waals surface area contributed by atoms with E-state index in [0.29, 0.717) is 0 Å². The Hall–Kier alpha value is -6.10. The molecule has 34 heteroatoms. The predicted molar refractivity (Wildman–Crippen MR) is 308 cm³/mol. The van der Waals surface area contributed by atoms with Gasteiger partial charge in [0, 0.05) is 46.3 Å². The number of carbonyl (C=O) groups excluding carboxylic acids is 6. The summed E-state index contributed by atoms with van der Waals surface area (Å²) in [6.45, 7) is 2.12. The van der Waals surface area contributed by atoms with Crippen LogP contribution in [-0.4, -0.2) is 280 Å². The lowest BCUT2D eigenvalue weighted by molar-refractivity contribution is -0.327. The summed E-state index contributed by atoms with van der Waals surface area (Å²) in [7, 11) is 3.20. The molecule has 25 atom stereocenters. The SMILES string of the molecule is C/C=C1/[C@H](O[C@@H]2O[C@H](CO)[C@@H](O)[C@H](O)[C@H]2O)OC=C(C(=O)OC)[C@H]1CC(=O)OCC(COC(=O)C[C@@H]1C(C(=O)OC)=CO[C@@H](O[C@@H]2O[C@H](CO)[C@@H](O)[C@H](O)[C@H]2O)/C1=C/C)[C@@H]1C[C@@H](O)[C@H](C)[C@H]1COC(=O)C[C@@H]1C(C(=O)OC)=CO[C@@H](O[C@@H]2O[C@H](CO)[C@@H](O)[C@H](O)[C@H]2O)/C1=C/C. The van der Waals surface area contributed by atoms with Gasteiger partial charge in [-0.05, 0) is 39.0 Å². The van der Waals surface area contributed by atoms with Crippen LogP contribution in [0.25, 0.3) is 0 Å². The van der Waals surface area contributed by atoms with Crippen molar-refractivity contribution in [2.45, 2.75) is 170 Å². The maximum absolute atomic E-state index is 14.3. The number of aliphatic hydroxyl groups excluding tert-OH is 13. The van der Waals surface area contributed by atoms with E-state index in [1.165, 1.54) is 39.0 Å². The molecule has 1 saturated carbocycles. The summed E-state index contributed by atoms with van der Waals surface area (Å²) in [6, 6.07) is 0. The van der Waals surface area contributed by atoms with Crippen LogP contribution in [0.2, 0.25) is 0 Å². The topological polar surface area (TPSA) is 504 Å². The summed E-state index contributed by atoms with van der Waals surface area (Å²) < 4.78 is 84.1. The van der Waals surface area contributed by atoms with E-state index in [2.05, 4.69) is 0 Å². The van der Waals surface area contributed by atoms with E-state index in [1.54, 1.807) is 6.92 Å². The third-order valence-electron chi connectivity index (χ3n) is 18.1. The summed E-state index contributed by atoms with van der Waals surface area (Å²) in [6.07, 6.45) is -26.3. The minimum absolute atomic E-state index is 0.0741. The lowest BCUT2D eigenvalue weighted by Gasteiger charge is -2.42. The molecule has 95 heavy (non-hydrogen) atoms. The van der Waals surface area contributed by atoms with Crippen molar-refractivity contribution in [3.63, 3.8) is 0 Å². The van der Waals surface area contributed by atoms with Gasteiger partial charge in [0.1, 0.15) is 73.2 Å². The predicted octanol–water partition coefficient (Wildman–Crippen LogP) is -4.59. The fourth-order valence-electron chi connectivity index (χ4n) is 12.5. The van der Waals surface area contributed by atoms with E-state index in [-0.39, 0.29) is 39.9 Å². The number of methoxy groups -OCH3 is 3. The zero-order chi connectivity index (χ0) is 69.9. The van der Waals surface area contributed by atoms with Crippen molar-refractivity contribution in [1.29, 1.82) is 0 Å². The molecule has 0 amide bonds. The van der Waals surface area contributed by atoms with Crippen molar-refractivity contribution >= 4 is 35.8 Å². The summed E-state index contributed by atoms with van der Waals surface area (Å²) in [5, 5.41) is 136. The van der Waals surface area contributed by atoms with Crippen LogP contribution in [0.1, 0.15) is 53.4 Å². The Bertz CT molecular complexity index is 2730. The van der Waals surface area contributed by atoms with Crippen molar-refractivity contribution in [2.24, 2.45) is 41.4 Å². The zero-order valence-corrected chi connectivity index (χ0v) is 52.9. The molecule has 13 N–H and O–H groups in total. The molecule has 34 nitrogen and oxygen atoms in total. The van der Waals surface area contributed by atoms with Crippen LogP contribution in [0.4, 0.5) is 0 Å². The third kappa shape index (κ3) is 17.3. The normalized spacial score (nSPS) is 38.8. The number of aliphatic hydroxyl groups is 13. The van der Waals surface area contributed by atoms with Crippen LogP contribution in [0, 0.1) is 41.4 Å². The van der Waals surface area contributed by atoms with E-state index in [1.807, 2.05) is 0 Å². The van der Waals surface area contributed by atoms with Gasteiger partial charge < -0.3 is 137 Å². The lowest BCUT2D eigenvalue weighted by Crippen LogP contribution is -2.60. The minimum atomic E-state index is -1.89. The Morgan fingerprint density at radius 1 is 0.474 bits per heavy atom. The van der Waals surface area contributed by atoms with Crippen molar-refractivity contribution in [3.8, 4) is 0 Å². The average Bonchev–Trinajstić information content (AvgIpc) is 1.51. The molecule has 6 heterocycles. The van der Waals surface area contributed by atoms with Crippen molar-refractivity contribution in [1.82, 2.24) is 0 Å². The molecule has 1 aliphatic carbocycles. The number of rotatable bonds is 25.